The maximum atomic E-state index is 13.6. The van der Waals surface area contributed by atoms with E-state index in [2.05, 4.69) is 19.2 Å². The van der Waals surface area contributed by atoms with Crippen molar-refractivity contribution < 1.29 is 4.39 Å². The zero-order valence-electron chi connectivity index (χ0n) is 10.6. The van der Waals surface area contributed by atoms with E-state index in [1.807, 2.05) is 6.07 Å². The third-order valence-corrected chi connectivity index (χ3v) is 3.15. The summed E-state index contributed by atoms with van der Waals surface area (Å²) >= 11 is 5.74. The number of benzene rings is 1. The Kier molecular flexibility index (Phi) is 6.53. The highest BCUT2D eigenvalue weighted by molar-refractivity contribution is 6.30. The Morgan fingerprint density at radius 3 is 2.88 bits per heavy atom. The van der Waals surface area contributed by atoms with Crippen molar-refractivity contribution in [3.63, 3.8) is 0 Å². The molecule has 0 heterocycles. The number of rotatable bonds is 7. The van der Waals surface area contributed by atoms with E-state index in [0.717, 1.165) is 37.8 Å². The molecule has 0 aromatic heterocycles. The second kappa shape index (κ2) is 7.67. The fourth-order valence-electron chi connectivity index (χ4n) is 1.83. The lowest BCUT2D eigenvalue weighted by molar-refractivity contribution is 0.494. The molecule has 1 rings (SSSR count). The third kappa shape index (κ3) is 5.05. The predicted octanol–water partition coefficient (Wildman–Crippen LogP) is 4.19. The number of aryl methyl sites for hydroxylation is 1. The molecule has 1 N–H and O–H groups in total. The quantitative estimate of drug-likeness (QED) is 0.772. The summed E-state index contributed by atoms with van der Waals surface area (Å²) in [5, 5.41) is 3.65. The molecule has 0 aliphatic rings. The second-order valence-corrected chi connectivity index (χ2v) is 4.87. The first-order chi connectivity index (χ1) is 8.15. The van der Waals surface area contributed by atoms with Crippen LogP contribution in [0, 0.1) is 5.82 Å². The summed E-state index contributed by atoms with van der Waals surface area (Å²) in [5.74, 6) is -0.261. The van der Waals surface area contributed by atoms with E-state index in [0.29, 0.717) is 6.04 Å². The normalized spacial score (nSPS) is 12.7. The van der Waals surface area contributed by atoms with E-state index < -0.39 is 0 Å². The Morgan fingerprint density at radius 2 is 2.18 bits per heavy atom. The van der Waals surface area contributed by atoms with E-state index in [9.17, 15) is 4.39 Å². The van der Waals surface area contributed by atoms with Crippen LogP contribution in [0.4, 0.5) is 4.39 Å². The first-order valence-electron chi connectivity index (χ1n) is 6.31. The minimum atomic E-state index is -0.261. The Morgan fingerprint density at radius 1 is 1.41 bits per heavy atom. The molecule has 3 heteroatoms. The Hall–Kier alpha value is -0.600. The van der Waals surface area contributed by atoms with Crippen LogP contribution in [-0.4, -0.2) is 12.6 Å². The molecule has 96 valence electrons. The molecule has 1 atom stereocenters. The lowest BCUT2D eigenvalue weighted by atomic mass is 10.0. The Bertz CT molecular complexity index is 341. The van der Waals surface area contributed by atoms with Crippen LogP contribution in [-0.2, 0) is 6.42 Å². The molecule has 1 aromatic carbocycles. The monoisotopic (exact) mass is 257 g/mol. The van der Waals surface area contributed by atoms with Gasteiger partial charge in [0.1, 0.15) is 5.82 Å². The van der Waals surface area contributed by atoms with Gasteiger partial charge in [-0.1, -0.05) is 30.7 Å². The SMILES string of the molecule is CCCNC(C)CCCc1cccc(Cl)c1F. The molecule has 1 nitrogen and oxygen atoms in total. The molecule has 17 heavy (non-hydrogen) atoms. The van der Waals surface area contributed by atoms with Crippen LogP contribution in [0.1, 0.15) is 38.7 Å². The van der Waals surface area contributed by atoms with Gasteiger partial charge in [-0.2, -0.15) is 0 Å². The van der Waals surface area contributed by atoms with Gasteiger partial charge in [0.25, 0.3) is 0 Å². The first kappa shape index (κ1) is 14.5. The van der Waals surface area contributed by atoms with E-state index in [1.165, 1.54) is 0 Å². The van der Waals surface area contributed by atoms with E-state index in [4.69, 9.17) is 11.6 Å². The molecule has 0 saturated heterocycles. The molecule has 0 aliphatic carbocycles. The van der Waals surface area contributed by atoms with E-state index in [1.54, 1.807) is 12.1 Å². The van der Waals surface area contributed by atoms with Gasteiger partial charge < -0.3 is 5.32 Å². The van der Waals surface area contributed by atoms with Crippen LogP contribution >= 0.6 is 11.6 Å². The van der Waals surface area contributed by atoms with E-state index in [-0.39, 0.29) is 10.8 Å². The minimum absolute atomic E-state index is 0.222. The van der Waals surface area contributed by atoms with E-state index >= 15 is 0 Å². The van der Waals surface area contributed by atoms with Crippen molar-refractivity contribution in [3.05, 3.63) is 34.6 Å². The lowest BCUT2D eigenvalue weighted by Gasteiger charge is -2.13. The largest absolute Gasteiger partial charge is 0.314 e. The summed E-state index contributed by atoms with van der Waals surface area (Å²) in [6.45, 7) is 5.37. The molecule has 1 aromatic rings. The third-order valence-electron chi connectivity index (χ3n) is 2.86. The summed E-state index contributed by atoms with van der Waals surface area (Å²) in [5.41, 5.74) is 0.722. The highest BCUT2D eigenvalue weighted by Crippen LogP contribution is 2.19. The Balaban J connectivity index is 2.33. The number of halogens is 2. The zero-order chi connectivity index (χ0) is 12.7. The predicted molar refractivity (Wildman–Crippen MR) is 72.1 cm³/mol. The lowest BCUT2D eigenvalue weighted by Crippen LogP contribution is -2.26. The maximum Gasteiger partial charge on any atom is 0.144 e. The van der Waals surface area contributed by atoms with Crippen molar-refractivity contribution in [1.82, 2.24) is 5.32 Å². The molecule has 0 saturated carbocycles. The standard InChI is InChI=1S/C14H21ClFN/c1-3-10-17-11(2)6-4-7-12-8-5-9-13(15)14(12)16/h5,8-9,11,17H,3-4,6-7,10H2,1-2H3. The highest BCUT2D eigenvalue weighted by atomic mass is 35.5. The smallest absolute Gasteiger partial charge is 0.144 e. The van der Waals surface area contributed by atoms with Gasteiger partial charge in [-0.25, -0.2) is 4.39 Å². The van der Waals surface area contributed by atoms with Crippen LogP contribution in [0.2, 0.25) is 5.02 Å². The van der Waals surface area contributed by atoms with Gasteiger partial charge in [0, 0.05) is 6.04 Å². The maximum absolute atomic E-state index is 13.6. The fourth-order valence-corrected chi connectivity index (χ4v) is 2.03. The molecule has 0 fully saturated rings. The molecule has 0 amide bonds. The van der Waals surface area contributed by atoms with Crippen molar-refractivity contribution in [1.29, 1.82) is 0 Å². The van der Waals surface area contributed by atoms with Crippen LogP contribution < -0.4 is 5.32 Å². The first-order valence-corrected chi connectivity index (χ1v) is 6.69. The van der Waals surface area contributed by atoms with Gasteiger partial charge in [-0.3, -0.25) is 0 Å². The molecule has 0 bridgehead atoms. The highest BCUT2D eigenvalue weighted by Gasteiger charge is 2.06. The second-order valence-electron chi connectivity index (χ2n) is 4.46. The van der Waals surface area contributed by atoms with Gasteiger partial charge in [-0.15, -0.1) is 0 Å². The van der Waals surface area contributed by atoms with Gasteiger partial charge in [0.05, 0.1) is 5.02 Å². The van der Waals surface area contributed by atoms with Gasteiger partial charge in [0.2, 0.25) is 0 Å². The summed E-state index contributed by atoms with van der Waals surface area (Å²) < 4.78 is 13.6. The van der Waals surface area contributed by atoms with Crippen LogP contribution in [0.5, 0.6) is 0 Å². The van der Waals surface area contributed by atoms with Crippen molar-refractivity contribution in [2.45, 2.75) is 45.6 Å². The molecule has 0 radical (unpaired) electrons. The molecule has 0 spiro atoms. The van der Waals surface area contributed by atoms with Crippen molar-refractivity contribution in [2.75, 3.05) is 6.54 Å². The topological polar surface area (TPSA) is 12.0 Å². The van der Waals surface area contributed by atoms with Crippen molar-refractivity contribution in [2.24, 2.45) is 0 Å². The molecule has 1 unspecified atom stereocenters. The summed E-state index contributed by atoms with van der Waals surface area (Å²) in [4.78, 5) is 0. The van der Waals surface area contributed by atoms with Gasteiger partial charge in [0.15, 0.2) is 0 Å². The van der Waals surface area contributed by atoms with Gasteiger partial charge in [-0.05, 0) is 50.8 Å². The van der Waals surface area contributed by atoms with Crippen LogP contribution in [0.3, 0.4) is 0 Å². The van der Waals surface area contributed by atoms with Gasteiger partial charge >= 0.3 is 0 Å². The number of hydrogen-bond acceptors (Lipinski definition) is 1. The fraction of sp³-hybridized carbons (Fsp3) is 0.571. The minimum Gasteiger partial charge on any atom is -0.314 e. The molecular weight excluding hydrogens is 237 g/mol. The van der Waals surface area contributed by atoms with Crippen LogP contribution in [0.15, 0.2) is 18.2 Å². The molecular formula is C14H21ClFN. The van der Waals surface area contributed by atoms with Crippen molar-refractivity contribution in [3.8, 4) is 0 Å². The van der Waals surface area contributed by atoms with Crippen LogP contribution in [0.25, 0.3) is 0 Å². The molecule has 0 aliphatic heterocycles. The summed E-state index contributed by atoms with van der Waals surface area (Å²) in [6.07, 6.45) is 3.94. The number of nitrogens with one attached hydrogen (secondary N) is 1. The Labute approximate surface area is 108 Å². The van der Waals surface area contributed by atoms with Crippen molar-refractivity contribution >= 4 is 11.6 Å². The average molecular weight is 258 g/mol. The number of hydrogen-bond donors (Lipinski definition) is 1. The zero-order valence-corrected chi connectivity index (χ0v) is 11.4. The summed E-state index contributed by atoms with van der Waals surface area (Å²) in [7, 11) is 0. The average Bonchev–Trinajstić information content (AvgIpc) is 2.32. The summed E-state index contributed by atoms with van der Waals surface area (Å²) in [6, 6.07) is 5.70.